The van der Waals surface area contributed by atoms with Gasteiger partial charge in [0.25, 0.3) is 0 Å². The standard InChI is InChI=1S/C11H21NO3/c1-11(2,3)8-4-5-9(13)6-7-10(14)12-15/h15H,4-8H2,1-3H3,(H,12,14). The second kappa shape index (κ2) is 6.56. The average Bonchev–Trinajstić information content (AvgIpc) is 2.12. The van der Waals surface area contributed by atoms with Crippen molar-refractivity contribution in [3.05, 3.63) is 0 Å². The van der Waals surface area contributed by atoms with Gasteiger partial charge in [-0.25, -0.2) is 5.48 Å². The monoisotopic (exact) mass is 215 g/mol. The van der Waals surface area contributed by atoms with Gasteiger partial charge in [-0.05, 0) is 18.3 Å². The molecule has 0 rings (SSSR count). The second-order valence-electron chi connectivity index (χ2n) is 4.99. The topological polar surface area (TPSA) is 66.4 Å². The molecule has 0 aromatic heterocycles. The lowest BCUT2D eigenvalue weighted by Crippen LogP contribution is -2.19. The van der Waals surface area contributed by atoms with E-state index in [1.807, 2.05) is 0 Å². The Morgan fingerprint density at radius 3 is 2.20 bits per heavy atom. The van der Waals surface area contributed by atoms with E-state index >= 15 is 0 Å². The predicted octanol–water partition coefficient (Wildman–Crippen LogP) is 2.06. The first-order chi connectivity index (χ1) is 6.85. The highest BCUT2D eigenvalue weighted by Gasteiger charge is 2.11. The zero-order valence-electron chi connectivity index (χ0n) is 9.80. The number of carbonyl (C=O) groups excluding carboxylic acids is 2. The normalized spacial score (nSPS) is 11.2. The fourth-order valence-electron chi connectivity index (χ4n) is 1.25. The Balaban J connectivity index is 3.54. The maximum atomic E-state index is 11.3. The number of hydrogen-bond donors (Lipinski definition) is 2. The molecular formula is C11H21NO3. The van der Waals surface area contributed by atoms with Gasteiger partial charge >= 0.3 is 0 Å². The van der Waals surface area contributed by atoms with E-state index in [1.165, 1.54) is 5.48 Å². The summed E-state index contributed by atoms with van der Waals surface area (Å²) in [6.07, 6.45) is 2.69. The quantitative estimate of drug-likeness (QED) is 0.526. The summed E-state index contributed by atoms with van der Waals surface area (Å²) >= 11 is 0. The third kappa shape index (κ3) is 9.41. The molecule has 0 atom stereocenters. The summed E-state index contributed by atoms with van der Waals surface area (Å²) in [6.45, 7) is 6.41. The van der Waals surface area contributed by atoms with Crippen molar-refractivity contribution in [1.29, 1.82) is 0 Å². The zero-order chi connectivity index (χ0) is 11.9. The molecule has 0 spiro atoms. The van der Waals surface area contributed by atoms with E-state index in [-0.39, 0.29) is 24.0 Å². The summed E-state index contributed by atoms with van der Waals surface area (Å²) in [4.78, 5) is 21.9. The number of ketones is 1. The number of hydrogen-bond acceptors (Lipinski definition) is 3. The maximum absolute atomic E-state index is 11.3. The van der Waals surface area contributed by atoms with Crippen LogP contribution in [0.1, 0.15) is 52.9 Å². The minimum absolute atomic E-state index is 0.0743. The Morgan fingerprint density at radius 1 is 1.13 bits per heavy atom. The molecule has 4 nitrogen and oxygen atoms in total. The summed E-state index contributed by atoms with van der Waals surface area (Å²) in [6, 6.07) is 0. The molecule has 0 saturated heterocycles. The lowest BCUT2D eigenvalue weighted by Gasteiger charge is -2.17. The third-order valence-corrected chi connectivity index (χ3v) is 2.14. The fraction of sp³-hybridized carbons (Fsp3) is 0.818. The molecule has 1 amide bonds. The number of Topliss-reactive ketones (excluding diaryl/α,β-unsaturated/α-hetero) is 1. The smallest absolute Gasteiger partial charge is 0.243 e. The van der Waals surface area contributed by atoms with Crippen molar-refractivity contribution in [2.45, 2.75) is 52.9 Å². The van der Waals surface area contributed by atoms with Crippen molar-refractivity contribution in [1.82, 2.24) is 5.48 Å². The molecule has 15 heavy (non-hydrogen) atoms. The molecule has 0 unspecified atom stereocenters. The Morgan fingerprint density at radius 2 is 1.73 bits per heavy atom. The molecule has 2 N–H and O–H groups in total. The molecule has 0 bridgehead atoms. The summed E-state index contributed by atoms with van der Waals surface area (Å²) in [7, 11) is 0. The van der Waals surface area contributed by atoms with Gasteiger partial charge in [-0.3, -0.25) is 14.8 Å². The van der Waals surface area contributed by atoms with Gasteiger partial charge in [0.05, 0.1) is 0 Å². The van der Waals surface area contributed by atoms with Crippen LogP contribution in [0.4, 0.5) is 0 Å². The summed E-state index contributed by atoms with van der Waals surface area (Å²) in [5.74, 6) is -0.415. The van der Waals surface area contributed by atoms with E-state index in [0.717, 1.165) is 12.8 Å². The van der Waals surface area contributed by atoms with Crippen LogP contribution in [0.15, 0.2) is 0 Å². The van der Waals surface area contributed by atoms with Crippen LogP contribution in [0.3, 0.4) is 0 Å². The van der Waals surface area contributed by atoms with E-state index < -0.39 is 5.91 Å². The second-order valence-corrected chi connectivity index (χ2v) is 4.99. The number of amides is 1. The number of nitrogens with one attached hydrogen (secondary N) is 1. The average molecular weight is 215 g/mol. The molecule has 88 valence electrons. The SMILES string of the molecule is CC(C)(C)CCCC(=O)CCC(=O)NO. The van der Waals surface area contributed by atoms with Crippen LogP contribution in [-0.4, -0.2) is 16.9 Å². The first kappa shape index (κ1) is 14.1. The lowest BCUT2D eigenvalue weighted by molar-refractivity contribution is -0.131. The lowest BCUT2D eigenvalue weighted by atomic mass is 9.89. The van der Waals surface area contributed by atoms with Crippen LogP contribution in [0.5, 0.6) is 0 Å². The van der Waals surface area contributed by atoms with E-state index in [1.54, 1.807) is 0 Å². The predicted molar refractivity (Wildman–Crippen MR) is 57.5 cm³/mol. The molecule has 0 saturated carbocycles. The Kier molecular flexibility index (Phi) is 6.17. The van der Waals surface area contributed by atoms with Gasteiger partial charge in [-0.2, -0.15) is 0 Å². The highest BCUT2D eigenvalue weighted by atomic mass is 16.5. The van der Waals surface area contributed by atoms with Crippen LogP contribution < -0.4 is 5.48 Å². The van der Waals surface area contributed by atoms with E-state index in [2.05, 4.69) is 20.8 Å². The molecule has 0 aromatic rings. The summed E-state index contributed by atoms with van der Waals surface area (Å²) in [5, 5.41) is 8.22. The van der Waals surface area contributed by atoms with Crippen LogP contribution in [0.25, 0.3) is 0 Å². The van der Waals surface area contributed by atoms with Gasteiger partial charge < -0.3 is 0 Å². The van der Waals surface area contributed by atoms with Gasteiger partial charge in [-0.1, -0.05) is 20.8 Å². The highest BCUT2D eigenvalue weighted by Crippen LogP contribution is 2.21. The first-order valence-corrected chi connectivity index (χ1v) is 5.30. The maximum Gasteiger partial charge on any atom is 0.243 e. The molecule has 0 aliphatic heterocycles. The largest absolute Gasteiger partial charge is 0.300 e. The molecule has 0 aromatic carbocycles. The molecule has 0 radical (unpaired) electrons. The van der Waals surface area contributed by atoms with E-state index in [4.69, 9.17) is 5.21 Å². The summed E-state index contributed by atoms with van der Waals surface area (Å²) < 4.78 is 0. The minimum Gasteiger partial charge on any atom is -0.300 e. The zero-order valence-corrected chi connectivity index (χ0v) is 9.80. The molecule has 0 aliphatic carbocycles. The van der Waals surface area contributed by atoms with Crippen LogP contribution >= 0.6 is 0 Å². The van der Waals surface area contributed by atoms with Crippen molar-refractivity contribution in [3.63, 3.8) is 0 Å². The van der Waals surface area contributed by atoms with Crippen molar-refractivity contribution in [2.75, 3.05) is 0 Å². The van der Waals surface area contributed by atoms with E-state index in [9.17, 15) is 9.59 Å². The third-order valence-electron chi connectivity index (χ3n) is 2.14. The van der Waals surface area contributed by atoms with Crippen molar-refractivity contribution < 1.29 is 14.8 Å². The molecule has 0 aliphatic rings. The fourth-order valence-corrected chi connectivity index (χ4v) is 1.25. The Hall–Kier alpha value is -0.900. The van der Waals surface area contributed by atoms with Gasteiger partial charge in [-0.15, -0.1) is 0 Å². The van der Waals surface area contributed by atoms with Crippen LogP contribution in [0.2, 0.25) is 0 Å². The van der Waals surface area contributed by atoms with Gasteiger partial charge in [0, 0.05) is 19.3 Å². The van der Waals surface area contributed by atoms with Gasteiger partial charge in [0.15, 0.2) is 0 Å². The molecular weight excluding hydrogens is 194 g/mol. The Labute approximate surface area is 91.0 Å². The molecule has 0 heterocycles. The van der Waals surface area contributed by atoms with Crippen molar-refractivity contribution in [2.24, 2.45) is 5.41 Å². The number of hydroxylamine groups is 1. The van der Waals surface area contributed by atoms with Crippen molar-refractivity contribution >= 4 is 11.7 Å². The van der Waals surface area contributed by atoms with E-state index in [0.29, 0.717) is 6.42 Å². The molecule has 0 fully saturated rings. The van der Waals surface area contributed by atoms with Gasteiger partial charge in [0.2, 0.25) is 5.91 Å². The minimum atomic E-state index is -0.501. The number of carbonyl (C=O) groups is 2. The van der Waals surface area contributed by atoms with Crippen LogP contribution in [-0.2, 0) is 9.59 Å². The number of rotatable bonds is 6. The molecule has 4 heteroatoms. The first-order valence-electron chi connectivity index (χ1n) is 5.30. The summed E-state index contributed by atoms with van der Waals surface area (Å²) in [5.41, 5.74) is 1.76. The highest BCUT2D eigenvalue weighted by molar-refractivity contribution is 5.84. The van der Waals surface area contributed by atoms with Crippen molar-refractivity contribution in [3.8, 4) is 0 Å². The van der Waals surface area contributed by atoms with Crippen LogP contribution in [0, 0.1) is 5.41 Å². The Bertz CT molecular complexity index is 218. The van der Waals surface area contributed by atoms with Gasteiger partial charge in [0.1, 0.15) is 5.78 Å².